The third-order valence-corrected chi connectivity index (χ3v) is 6.18. The number of benzene rings is 2. The molecule has 160 valence electrons. The van der Waals surface area contributed by atoms with Crippen molar-refractivity contribution in [2.45, 2.75) is 26.7 Å². The average molecular weight is 411 g/mol. The third-order valence-electron chi connectivity index (χ3n) is 6.18. The van der Waals surface area contributed by atoms with Gasteiger partial charge < -0.3 is 18.9 Å². The zero-order valence-corrected chi connectivity index (χ0v) is 17.8. The minimum Gasteiger partial charge on any atom is -0.493 e. The van der Waals surface area contributed by atoms with Gasteiger partial charge in [0.05, 0.1) is 61.8 Å². The minimum absolute atomic E-state index is 0.178. The number of rotatable bonds is 10. The molecule has 2 aromatic carbocycles. The maximum absolute atomic E-state index is 5.93. The van der Waals surface area contributed by atoms with Gasteiger partial charge in [0.1, 0.15) is 11.5 Å². The van der Waals surface area contributed by atoms with Gasteiger partial charge in [0.15, 0.2) is 0 Å². The fraction of sp³-hybridized carbons (Fsp3) is 0.500. The van der Waals surface area contributed by atoms with Crippen LogP contribution in [-0.2, 0) is 9.47 Å². The molecule has 2 saturated heterocycles. The molecule has 0 aliphatic carbocycles. The molecule has 2 aromatic rings. The molecule has 0 aromatic heterocycles. The van der Waals surface area contributed by atoms with E-state index in [9.17, 15) is 0 Å². The topological polar surface area (TPSA) is 61.6 Å². The molecular formula is C24H30N2O4. The van der Waals surface area contributed by atoms with Gasteiger partial charge in [0.2, 0.25) is 0 Å². The summed E-state index contributed by atoms with van der Waals surface area (Å²) in [6.07, 6.45) is 2.13. The zero-order chi connectivity index (χ0) is 20.9. The summed E-state index contributed by atoms with van der Waals surface area (Å²) >= 11 is 0. The Morgan fingerprint density at radius 2 is 1.03 bits per heavy atom. The van der Waals surface area contributed by atoms with Crippen LogP contribution in [-0.4, -0.2) is 39.6 Å². The van der Waals surface area contributed by atoms with Crippen molar-refractivity contribution in [3.63, 3.8) is 0 Å². The third kappa shape index (κ3) is 4.82. The van der Waals surface area contributed by atoms with Crippen LogP contribution in [0.1, 0.15) is 26.7 Å². The lowest BCUT2D eigenvalue weighted by Gasteiger charge is -2.40. The Hall–Kier alpha value is -2.44. The fourth-order valence-corrected chi connectivity index (χ4v) is 3.37. The normalized spacial score (nSPS) is 19.1. The molecule has 4 rings (SSSR count). The second-order valence-electron chi connectivity index (χ2n) is 8.46. The summed E-state index contributed by atoms with van der Waals surface area (Å²) in [5.41, 5.74) is 1.93. The van der Waals surface area contributed by atoms with Crippen LogP contribution in [0.3, 0.4) is 0 Å². The lowest BCUT2D eigenvalue weighted by Crippen LogP contribution is -2.46. The van der Waals surface area contributed by atoms with Crippen molar-refractivity contribution >= 4 is 11.4 Å². The Bertz CT molecular complexity index is 758. The van der Waals surface area contributed by atoms with Crippen LogP contribution >= 0.6 is 0 Å². The van der Waals surface area contributed by atoms with Gasteiger partial charge >= 0.3 is 0 Å². The molecule has 30 heavy (non-hydrogen) atoms. The summed E-state index contributed by atoms with van der Waals surface area (Å²) < 4.78 is 22.5. The van der Waals surface area contributed by atoms with Gasteiger partial charge in [-0.05, 0) is 61.4 Å². The molecule has 0 saturated carbocycles. The van der Waals surface area contributed by atoms with E-state index in [2.05, 4.69) is 24.1 Å². The van der Waals surface area contributed by atoms with Crippen molar-refractivity contribution in [3.8, 4) is 11.5 Å². The highest BCUT2D eigenvalue weighted by Crippen LogP contribution is 2.33. The molecule has 2 aliphatic heterocycles. The fourth-order valence-electron chi connectivity index (χ4n) is 3.37. The Labute approximate surface area is 178 Å². The van der Waals surface area contributed by atoms with Crippen molar-refractivity contribution < 1.29 is 18.9 Å². The van der Waals surface area contributed by atoms with Crippen molar-refractivity contribution in [1.29, 1.82) is 0 Å². The van der Waals surface area contributed by atoms with E-state index in [0.717, 1.165) is 62.1 Å². The number of ether oxygens (including phenoxy) is 4. The van der Waals surface area contributed by atoms with Gasteiger partial charge in [0.25, 0.3) is 0 Å². The van der Waals surface area contributed by atoms with Crippen molar-refractivity contribution in [2.75, 3.05) is 39.6 Å². The summed E-state index contributed by atoms with van der Waals surface area (Å²) in [5, 5.41) is 8.63. The molecule has 2 heterocycles. The Kier molecular flexibility index (Phi) is 6.35. The molecule has 6 heteroatoms. The van der Waals surface area contributed by atoms with Crippen LogP contribution in [0.15, 0.2) is 58.8 Å². The smallest absolute Gasteiger partial charge is 0.119 e. The number of hydrogen-bond donors (Lipinski definition) is 0. The van der Waals surface area contributed by atoms with Crippen molar-refractivity contribution in [3.05, 3.63) is 48.5 Å². The monoisotopic (exact) mass is 410 g/mol. The van der Waals surface area contributed by atoms with E-state index in [1.54, 1.807) is 0 Å². The first kappa shape index (κ1) is 20.8. The molecule has 0 unspecified atom stereocenters. The molecular weight excluding hydrogens is 380 g/mol. The van der Waals surface area contributed by atoms with E-state index < -0.39 is 0 Å². The quantitative estimate of drug-likeness (QED) is 0.471. The minimum atomic E-state index is 0.178. The number of azo groups is 1. The first-order valence-electron chi connectivity index (χ1n) is 10.7. The van der Waals surface area contributed by atoms with Gasteiger partial charge in [-0.15, -0.1) is 0 Å². The standard InChI is InChI=1S/C24H30N2O4/c1-3-23(13-27-14-23)17-29-21-9-5-19(6-10-21)25-26-20-7-11-22(12-8-20)30-18-24(4-2)15-28-16-24/h5-12H,3-4,13-18H2,1-2H3/b26-25+. The molecule has 0 atom stereocenters. The van der Waals surface area contributed by atoms with Gasteiger partial charge in [-0.1, -0.05) is 13.8 Å². The molecule has 0 amide bonds. The Morgan fingerprint density at radius 1 is 0.667 bits per heavy atom. The second kappa shape index (κ2) is 9.14. The van der Waals surface area contributed by atoms with Crippen LogP contribution in [0.25, 0.3) is 0 Å². The van der Waals surface area contributed by atoms with E-state index >= 15 is 0 Å². The predicted molar refractivity (Wildman–Crippen MR) is 115 cm³/mol. The van der Waals surface area contributed by atoms with Crippen molar-refractivity contribution in [2.24, 2.45) is 21.1 Å². The highest BCUT2D eigenvalue weighted by atomic mass is 16.5. The summed E-state index contributed by atoms with van der Waals surface area (Å²) in [7, 11) is 0. The zero-order valence-electron chi connectivity index (χ0n) is 17.8. The van der Waals surface area contributed by atoms with E-state index in [-0.39, 0.29) is 10.8 Å². The van der Waals surface area contributed by atoms with E-state index in [0.29, 0.717) is 13.2 Å². The van der Waals surface area contributed by atoms with E-state index in [4.69, 9.17) is 18.9 Å². The summed E-state index contributed by atoms with van der Waals surface area (Å²) in [5.74, 6) is 1.69. The van der Waals surface area contributed by atoms with Gasteiger partial charge in [-0.25, -0.2) is 0 Å². The highest BCUT2D eigenvalue weighted by molar-refractivity contribution is 5.44. The molecule has 6 nitrogen and oxygen atoms in total. The summed E-state index contributed by atoms with van der Waals surface area (Å²) in [4.78, 5) is 0. The van der Waals surface area contributed by atoms with Crippen LogP contribution in [0.5, 0.6) is 11.5 Å². The molecule has 2 aliphatic rings. The van der Waals surface area contributed by atoms with E-state index in [1.165, 1.54) is 0 Å². The van der Waals surface area contributed by atoms with Gasteiger partial charge in [-0.3, -0.25) is 0 Å². The second-order valence-corrected chi connectivity index (χ2v) is 8.46. The Morgan fingerprint density at radius 3 is 1.30 bits per heavy atom. The van der Waals surface area contributed by atoms with Gasteiger partial charge in [0, 0.05) is 0 Å². The van der Waals surface area contributed by atoms with Crippen LogP contribution in [0, 0.1) is 10.8 Å². The molecule has 0 radical (unpaired) electrons. The SMILES string of the molecule is CCC1(COc2ccc(/N=N/c3ccc(OCC4(CC)COC4)cc3)cc2)COC1. The summed E-state index contributed by atoms with van der Waals surface area (Å²) in [6.45, 7) is 8.87. The van der Waals surface area contributed by atoms with Crippen molar-refractivity contribution in [1.82, 2.24) is 0 Å². The largest absolute Gasteiger partial charge is 0.493 e. The number of nitrogens with zero attached hydrogens (tertiary/aromatic N) is 2. The molecule has 0 N–H and O–H groups in total. The Balaban J connectivity index is 1.27. The predicted octanol–water partition coefficient (Wildman–Crippen LogP) is 5.71. The van der Waals surface area contributed by atoms with Crippen LogP contribution in [0.4, 0.5) is 11.4 Å². The highest BCUT2D eigenvalue weighted by Gasteiger charge is 2.38. The van der Waals surface area contributed by atoms with Crippen LogP contribution < -0.4 is 9.47 Å². The molecule has 0 spiro atoms. The molecule has 0 bridgehead atoms. The van der Waals surface area contributed by atoms with Gasteiger partial charge in [-0.2, -0.15) is 10.2 Å². The maximum atomic E-state index is 5.93. The number of hydrogen-bond acceptors (Lipinski definition) is 6. The molecule has 2 fully saturated rings. The maximum Gasteiger partial charge on any atom is 0.119 e. The lowest BCUT2D eigenvalue weighted by atomic mass is 9.84. The first-order chi connectivity index (χ1) is 14.6. The summed E-state index contributed by atoms with van der Waals surface area (Å²) in [6, 6.07) is 15.4. The van der Waals surface area contributed by atoms with Crippen LogP contribution in [0.2, 0.25) is 0 Å². The average Bonchev–Trinajstić information content (AvgIpc) is 2.73. The lowest BCUT2D eigenvalue weighted by molar-refractivity contribution is -0.133. The first-order valence-corrected chi connectivity index (χ1v) is 10.7. The van der Waals surface area contributed by atoms with E-state index in [1.807, 2.05) is 48.5 Å².